The summed E-state index contributed by atoms with van der Waals surface area (Å²) in [6.07, 6.45) is 4.90. The average Bonchev–Trinajstić information content (AvgIpc) is 3.25. The molecule has 0 bridgehead atoms. The summed E-state index contributed by atoms with van der Waals surface area (Å²) in [6, 6.07) is 11.1. The number of carbonyl (C=O) groups is 2. The maximum Gasteiger partial charge on any atom is 0.387 e. The molecule has 4 rings (SSSR count). The van der Waals surface area contributed by atoms with Gasteiger partial charge in [-0.25, -0.2) is 0 Å². The maximum atomic E-state index is 12.8. The van der Waals surface area contributed by atoms with Crippen LogP contribution in [0.4, 0.5) is 20.2 Å². The number of allylic oxidation sites excluding steroid dienone is 1. The summed E-state index contributed by atoms with van der Waals surface area (Å²) in [6.45, 7) is -1.33. The lowest BCUT2D eigenvalue weighted by Gasteiger charge is -2.15. The summed E-state index contributed by atoms with van der Waals surface area (Å²) >= 11 is 0. The number of carbonyl (C=O) groups excluding carboxylic acids is 2. The van der Waals surface area contributed by atoms with Gasteiger partial charge < -0.3 is 10.1 Å². The van der Waals surface area contributed by atoms with E-state index in [0.717, 1.165) is 17.0 Å². The van der Waals surface area contributed by atoms with Crippen molar-refractivity contribution in [2.45, 2.75) is 20.0 Å². The van der Waals surface area contributed by atoms with Gasteiger partial charge in [0.05, 0.1) is 11.4 Å². The van der Waals surface area contributed by atoms with E-state index in [1.165, 1.54) is 29.8 Å². The molecule has 1 N–H and O–H groups in total. The third kappa shape index (κ3) is 3.73. The molecular formula is C21H17F2N3O3. The number of hydrazone groups is 1. The van der Waals surface area contributed by atoms with Gasteiger partial charge in [-0.2, -0.15) is 18.9 Å². The molecule has 2 aliphatic rings. The number of amides is 2. The van der Waals surface area contributed by atoms with Gasteiger partial charge in [0.25, 0.3) is 5.91 Å². The predicted molar refractivity (Wildman–Crippen MR) is 105 cm³/mol. The minimum Gasteiger partial charge on any atom is -0.435 e. The molecule has 0 fully saturated rings. The topological polar surface area (TPSA) is 71.0 Å². The molecule has 148 valence electrons. The fourth-order valence-corrected chi connectivity index (χ4v) is 3.36. The molecule has 0 saturated heterocycles. The van der Waals surface area contributed by atoms with Crippen LogP contribution in [0, 0.1) is 5.92 Å². The van der Waals surface area contributed by atoms with Crippen LogP contribution in [0.15, 0.2) is 53.6 Å². The predicted octanol–water partition coefficient (Wildman–Crippen LogP) is 3.83. The van der Waals surface area contributed by atoms with E-state index >= 15 is 0 Å². The normalized spacial score (nSPS) is 17.5. The lowest BCUT2D eigenvalue weighted by atomic mass is 10.0. The standard InChI is InChI=1S/C21H17F2N3O3/c1-12-18(19(27)24-15-6-5-13-3-2-4-14(13)11-15)20(28)26(25-12)16-7-9-17(10-8-16)29-21(22)23/h2,4-11,18,21H,3H2,1H3,(H,24,27). The number of alkyl halides is 2. The quantitative estimate of drug-likeness (QED) is 0.780. The number of fused-ring (bicyclic) bond motifs is 1. The molecule has 0 spiro atoms. The summed E-state index contributed by atoms with van der Waals surface area (Å²) in [7, 11) is 0. The van der Waals surface area contributed by atoms with Crippen LogP contribution in [0.25, 0.3) is 6.08 Å². The lowest BCUT2D eigenvalue weighted by molar-refractivity contribution is -0.127. The highest BCUT2D eigenvalue weighted by Gasteiger charge is 2.39. The van der Waals surface area contributed by atoms with Crippen molar-refractivity contribution in [3.63, 3.8) is 0 Å². The van der Waals surface area contributed by atoms with Crippen molar-refractivity contribution in [3.8, 4) is 5.75 Å². The molecule has 2 amide bonds. The van der Waals surface area contributed by atoms with Crippen molar-refractivity contribution in [2.24, 2.45) is 11.0 Å². The van der Waals surface area contributed by atoms with Gasteiger partial charge in [0.15, 0.2) is 5.92 Å². The number of hydrogen-bond donors (Lipinski definition) is 1. The van der Waals surface area contributed by atoms with E-state index in [0.29, 0.717) is 17.1 Å². The highest BCUT2D eigenvalue weighted by molar-refractivity contribution is 6.28. The molecule has 2 aromatic rings. The Balaban J connectivity index is 1.48. The van der Waals surface area contributed by atoms with E-state index in [4.69, 9.17) is 0 Å². The minimum absolute atomic E-state index is 0.0314. The van der Waals surface area contributed by atoms with E-state index in [1.54, 1.807) is 13.0 Å². The second-order valence-electron chi connectivity index (χ2n) is 6.71. The first-order valence-electron chi connectivity index (χ1n) is 8.96. The Labute approximate surface area is 165 Å². The molecule has 8 heteroatoms. The number of halogens is 2. The van der Waals surface area contributed by atoms with Crippen LogP contribution in [-0.2, 0) is 16.0 Å². The van der Waals surface area contributed by atoms with Gasteiger partial charge in [0.2, 0.25) is 5.91 Å². The smallest absolute Gasteiger partial charge is 0.387 e. The summed E-state index contributed by atoms with van der Waals surface area (Å²) in [5, 5.41) is 8.04. The Hall–Kier alpha value is -3.55. The number of ether oxygens (including phenoxy) is 1. The van der Waals surface area contributed by atoms with Crippen molar-refractivity contribution in [3.05, 3.63) is 59.7 Å². The molecule has 1 heterocycles. The van der Waals surface area contributed by atoms with Crippen molar-refractivity contribution in [1.29, 1.82) is 0 Å². The molecule has 29 heavy (non-hydrogen) atoms. The first kappa shape index (κ1) is 18.8. The van der Waals surface area contributed by atoms with Crippen molar-refractivity contribution in [2.75, 3.05) is 10.3 Å². The number of hydrogen-bond acceptors (Lipinski definition) is 4. The second kappa shape index (κ2) is 7.46. The number of rotatable bonds is 5. The molecule has 1 aliphatic carbocycles. The highest BCUT2D eigenvalue weighted by atomic mass is 19.3. The Kier molecular flexibility index (Phi) is 4.84. The van der Waals surface area contributed by atoms with Crippen LogP contribution in [-0.4, -0.2) is 24.1 Å². The molecule has 1 unspecified atom stereocenters. The molecular weight excluding hydrogens is 380 g/mol. The first-order valence-corrected chi connectivity index (χ1v) is 8.96. The molecule has 0 radical (unpaired) electrons. The van der Waals surface area contributed by atoms with Gasteiger partial charge in [-0.15, -0.1) is 0 Å². The Morgan fingerprint density at radius 2 is 2.00 bits per heavy atom. The van der Waals surface area contributed by atoms with E-state index in [-0.39, 0.29) is 5.75 Å². The van der Waals surface area contributed by atoms with E-state index in [1.807, 2.05) is 24.3 Å². The third-order valence-corrected chi connectivity index (χ3v) is 4.75. The van der Waals surface area contributed by atoms with E-state index in [2.05, 4.69) is 15.2 Å². The van der Waals surface area contributed by atoms with Crippen molar-refractivity contribution >= 4 is 35.0 Å². The average molecular weight is 397 g/mol. The zero-order valence-electron chi connectivity index (χ0n) is 15.4. The van der Waals surface area contributed by atoms with Crippen molar-refractivity contribution in [1.82, 2.24) is 0 Å². The zero-order chi connectivity index (χ0) is 20.5. The molecule has 1 aliphatic heterocycles. The Bertz CT molecular complexity index is 1030. The second-order valence-corrected chi connectivity index (χ2v) is 6.71. The van der Waals surface area contributed by atoms with Gasteiger partial charge >= 0.3 is 6.61 Å². The number of nitrogens with one attached hydrogen (secondary N) is 1. The number of benzene rings is 2. The van der Waals surface area contributed by atoms with Gasteiger partial charge in [-0.1, -0.05) is 18.2 Å². The maximum absolute atomic E-state index is 12.8. The van der Waals surface area contributed by atoms with E-state index < -0.39 is 24.3 Å². The fourth-order valence-electron chi connectivity index (χ4n) is 3.36. The summed E-state index contributed by atoms with van der Waals surface area (Å²) in [5.74, 6) is -2.08. The minimum atomic E-state index is -2.93. The number of anilines is 2. The van der Waals surface area contributed by atoms with Crippen molar-refractivity contribution < 1.29 is 23.1 Å². The third-order valence-electron chi connectivity index (χ3n) is 4.75. The van der Waals surface area contributed by atoms with E-state index in [9.17, 15) is 18.4 Å². The molecule has 0 aromatic heterocycles. The summed E-state index contributed by atoms with van der Waals surface area (Å²) < 4.78 is 28.8. The van der Waals surface area contributed by atoms with Crippen LogP contribution in [0.1, 0.15) is 18.1 Å². The summed E-state index contributed by atoms with van der Waals surface area (Å²) in [5.41, 5.74) is 3.53. The molecule has 2 aromatic carbocycles. The highest BCUT2D eigenvalue weighted by Crippen LogP contribution is 2.28. The van der Waals surface area contributed by atoms with Crippen LogP contribution in [0.2, 0.25) is 0 Å². The SMILES string of the molecule is CC1=NN(c2ccc(OC(F)F)cc2)C(=O)C1C(=O)Nc1ccc2c(c1)C=CC2. The van der Waals surface area contributed by atoms with Gasteiger partial charge in [-0.3, -0.25) is 9.59 Å². The number of nitrogens with zero attached hydrogens (tertiary/aromatic N) is 2. The summed E-state index contributed by atoms with van der Waals surface area (Å²) in [4.78, 5) is 25.5. The van der Waals surface area contributed by atoms with Gasteiger partial charge in [-0.05, 0) is 60.9 Å². The molecule has 6 nitrogen and oxygen atoms in total. The first-order chi connectivity index (χ1) is 13.9. The monoisotopic (exact) mass is 397 g/mol. The largest absolute Gasteiger partial charge is 0.435 e. The van der Waals surface area contributed by atoms with Crippen LogP contribution in [0.3, 0.4) is 0 Å². The zero-order valence-corrected chi connectivity index (χ0v) is 15.4. The Morgan fingerprint density at radius 1 is 1.24 bits per heavy atom. The fraction of sp³-hybridized carbons (Fsp3) is 0.190. The Morgan fingerprint density at radius 3 is 2.72 bits per heavy atom. The van der Waals surface area contributed by atoms with Gasteiger partial charge in [0, 0.05) is 5.69 Å². The van der Waals surface area contributed by atoms with Crippen LogP contribution >= 0.6 is 0 Å². The lowest BCUT2D eigenvalue weighted by Crippen LogP contribution is -2.36. The van der Waals surface area contributed by atoms with Crippen LogP contribution in [0.5, 0.6) is 5.75 Å². The van der Waals surface area contributed by atoms with Gasteiger partial charge in [0.1, 0.15) is 5.75 Å². The molecule has 0 saturated carbocycles. The van der Waals surface area contributed by atoms with Crippen LogP contribution < -0.4 is 15.1 Å². The molecule has 1 atom stereocenters.